The van der Waals surface area contributed by atoms with Gasteiger partial charge >= 0.3 is 0 Å². The zero-order valence-corrected chi connectivity index (χ0v) is 15.8. The monoisotopic (exact) mass is 376 g/mol. The zero-order chi connectivity index (χ0) is 19.2. The quantitative estimate of drug-likeness (QED) is 0.662. The number of carbonyl (C=O) groups excluding carboxylic acids is 1. The van der Waals surface area contributed by atoms with Gasteiger partial charge in [-0.3, -0.25) is 9.69 Å². The van der Waals surface area contributed by atoms with Crippen LogP contribution in [0.1, 0.15) is 5.76 Å². The van der Waals surface area contributed by atoms with E-state index in [1.165, 1.54) is 0 Å². The van der Waals surface area contributed by atoms with E-state index < -0.39 is 0 Å². The lowest BCUT2D eigenvalue weighted by molar-refractivity contribution is -0.120. The van der Waals surface area contributed by atoms with Gasteiger partial charge in [0.2, 0.25) is 5.91 Å². The molecule has 2 aromatic heterocycles. The number of pyridine rings is 1. The minimum atomic E-state index is 0.0777. The van der Waals surface area contributed by atoms with Gasteiger partial charge in [-0.2, -0.15) is 0 Å². The molecule has 0 N–H and O–H groups in total. The SMILES string of the molecule is O=C(CN1CCN(c2ccccn2)CC1)N(Cc1ccco1)c1ccccc1. The molecule has 1 saturated heterocycles. The highest BCUT2D eigenvalue weighted by Gasteiger charge is 2.23. The fourth-order valence-electron chi connectivity index (χ4n) is 3.44. The zero-order valence-electron chi connectivity index (χ0n) is 15.8. The first-order valence-corrected chi connectivity index (χ1v) is 9.56. The first-order chi connectivity index (χ1) is 13.8. The van der Waals surface area contributed by atoms with Gasteiger partial charge in [0.25, 0.3) is 0 Å². The van der Waals surface area contributed by atoms with Crippen LogP contribution in [-0.2, 0) is 11.3 Å². The molecular formula is C22H24N4O2. The average molecular weight is 376 g/mol. The van der Waals surface area contributed by atoms with Gasteiger partial charge in [-0.05, 0) is 36.4 Å². The number of amides is 1. The molecule has 4 rings (SSSR count). The van der Waals surface area contributed by atoms with Crippen LogP contribution in [0.4, 0.5) is 11.5 Å². The number of hydrogen-bond acceptors (Lipinski definition) is 5. The maximum absolute atomic E-state index is 13.1. The summed E-state index contributed by atoms with van der Waals surface area (Å²) in [6.45, 7) is 4.24. The van der Waals surface area contributed by atoms with Crippen molar-refractivity contribution in [2.45, 2.75) is 6.54 Å². The number of aromatic nitrogens is 1. The molecule has 144 valence electrons. The second kappa shape index (κ2) is 8.71. The molecule has 3 aromatic rings. The van der Waals surface area contributed by atoms with Crippen molar-refractivity contribution in [3.05, 3.63) is 78.9 Å². The molecule has 3 heterocycles. The minimum Gasteiger partial charge on any atom is -0.467 e. The Morgan fingerprint density at radius 3 is 2.43 bits per heavy atom. The van der Waals surface area contributed by atoms with E-state index in [1.54, 1.807) is 11.2 Å². The molecule has 1 aliphatic rings. The molecule has 28 heavy (non-hydrogen) atoms. The fraction of sp³-hybridized carbons (Fsp3) is 0.273. The van der Waals surface area contributed by atoms with Gasteiger partial charge in [-0.15, -0.1) is 0 Å². The summed E-state index contributed by atoms with van der Waals surface area (Å²) in [6, 6.07) is 19.5. The fourth-order valence-corrected chi connectivity index (χ4v) is 3.44. The topological polar surface area (TPSA) is 52.8 Å². The van der Waals surface area contributed by atoms with Gasteiger partial charge in [0, 0.05) is 38.1 Å². The van der Waals surface area contributed by atoms with E-state index in [0.717, 1.165) is 43.4 Å². The molecule has 6 heteroatoms. The Morgan fingerprint density at radius 2 is 1.75 bits per heavy atom. The van der Waals surface area contributed by atoms with Gasteiger partial charge in [0.05, 0.1) is 19.4 Å². The van der Waals surface area contributed by atoms with Crippen LogP contribution < -0.4 is 9.80 Å². The Balaban J connectivity index is 1.39. The van der Waals surface area contributed by atoms with E-state index in [0.29, 0.717) is 13.1 Å². The number of hydrogen-bond donors (Lipinski definition) is 0. The summed E-state index contributed by atoms with van der Waals surface area (Å²) in [7, 11) is 0. The van der Waals surface area contributed by atoms with Crippen LogP contribution in [0.2, 0.25) is 0 Å². The predicted molar refractivity (Wildman–Crippen MR) is 109 cm³/mol. The molecule has 0 atom stereocenters. The van der Waals surface area contributed by atoms with E-state index in [1.807, 2.05) is 66.9 Å². The molecule has 0 unspecified atom stereocenters. The Hall–Kier alpha value is -3.12. The van der Waals surface area contributed by atoms with Crippen LogP contribution >= 0.6 is 0 Å². The Kier molecular flexibility index (Phi) is 5.68. The Bertz CT molecular complexity index is 860. The van der Waals surface area contributed by atoms with Crippen molar-refractivity contribution in [2.75, 3.05) is 42.5 Å². The average Bonchev–Trinajstić information content (AvgIpc) is 3.27. The summed E-state index contributed by atoms with van der Waals surface area (Å²) in [5.74, 6) is 1.85. The normalized spacial score (nSPS) is 14.8. The molecule has 6 nitrogen and oxygen atoms in total. The van der Waals surface area contributed by atoms with E-state index in [2.05, 4.69) is 14.8 Å². The van der Waals surface area contributed by atoms with Crippen molar-refractivity contribution in [1.29, 1.82) is 0 Å². The standard InChI is InChI=1S/C22H24N4O2/c27-22(18-24-12-14-25(15-13-24)21-10-4-5-11-23-21)26(17-20-9-6-16-28-20)19-7-2-1-3-8-19/h1-11,16H,12-15,17-18H2. The lowest BCUT2D eigenvalue weighted by Gasteiger charge is -2.36. The third kappa shape index (κ3) is 4.40. The van der Waals surface area contributed by atoms with Crippen molar-refractivity contribution in [3.63, 3.8) is 0 Å². The number of nitrogens with zero attached hydrogens (tertiary/aromatic N) is 4. The number of anilines is 2. The molecule has 0 spiro atoms. The van der Waals surface area contributed by atoms with Crippen molar-refractivity contribution in [3.8, 4) is 0 Å². The smallest absolute Gasteiger partial charge is 0.241 e. The summed E-state index contributed by atoms with van der Waals surface area (Å²) >= 11 is 0. The van der Waals surface area contributed by atoms with Crippen LogP contribution in [0, 0.1) is 0 Å². The van der Waals surface area contributed by atoms with Gasteiger partial charge < -0.3 is 14.2 Å². The van der Waals surface area contributed by atoms with Gasteiger partial charge in [0.15, 0.2) is 0 Å². The number of piperazine rings is 1. The van der Waals surface area contributed by atoms with Gasteiger partial charge in [0.1, 0.15) is 11.6 Å². The lowest BCUT2D eigenvalue weighted by atomic mass is 10.2. The molecule has 1 aromatic carbocycles. The highest BCUT2D eigenvalue weighted by Crippen LogP contribution is 2.19. The number of benzene rings is 1. The molecule has 1 aliphatic heterocycles. The molecule has 0 bridgehead atoms. The largest absolute Gasteiger partial charge is 0.467 e. The summed E-state index contributed by atoms with van der Waals surface area (Å²) in [6.07, 6.45) is 3.46. The van der Waals surface area contributed by atoms with Crippen LogP contribution in [0.3, 0.4) is 0 Å². The predicted octanol–water partition coefficient (Wildman–Crippen LogP) is 3.03. The van der Waals surface area contributed by atoms with E-state index >= 15 is 0 Å². The molecule has 1 amide bonds. The highest BCUT2D eigenvalue weighted by atomic mass is 16.3. The number of furan rings is 1. The molecule has 0 saturated carbocycles. The second-order valence-electron chi connectivity index (χ2n) is 6.85. The van der Waals surface area contributed by atoms with E-state index in [-0.39, 0.29) is 5.91 Å². The number of rotatable bonds is 6. The third-order valence-corrected chi connectivity index (χ3v) is 4.97. The second-order valence-corrected chi connectivity index (χ2v) is 6.85. The minimum absolute atomic E-state index is 0.0777. The van der Waals surface area contributed by atoms with Crippen LogP contribution in [0.15, 0.2) is 77.5 Å². The van der Waals surface area contributed by atoms with Crippen LogP contribution in [0.25, 0.3) is 0 Å². The van der Waals surface area contributed by atoms with Crippen molar-refractivity contribution in [2.24, 2.45) is 0 Å². The summed E-state index contributed by atoms with van der Waals surface area (Å²) in [5, 5.41) is 0. The molecule has 0 radical (unpaired) electrons. The Labute approximate surface area is 165 Å². The molecular weight excluding hydrogens is 352 g/mol. The highest BCUT2D eigenvalue weighted by molar-refractivity contribution is 5.94. The maximum Gasteiger partial charge on any atom is 0.241 e. The van der Waals surface area contributed by atoms with Crippen LogP contribution in [0.5, 0.6) is 0 Å². The first-order valence-electron chi connectivity index (χ1n) is 9.56. The van der Waals surface area contributed by atoms with E-state index in [9.17, 15) is 4.79 Å². The molecule has 0 aliphatic carbocycles. The summed E-state index contributed by atoms with van der Waals surface area (Å²) < 4.78 is 5.47. The maximum atomic E-state index is 13.1. The lowest BCUT2D eigenvalue weighted by Crippen LogP contribution is -2.50. The summed E-state index contributed by atoms with van der Waals surface area (Å²) in [5.41, 5.74) is 0.885. The number of carbonyl (C=O) groups is 1. The van der Waals surface area contributed by atoms with Crippen molar-refractivity contribution < 1.29 is 9.21 Å². The third-order valence-electron chi connectivity index (χ3n) is 4.97. The number of para-hydroxylation sites is 1. The Morgan fingerprint density at radius 1 is 0.964 bits per heavy atom. The van der Waals surface area contributed by atoms with Gasteiger partial charge in [-0.25, -0.2) is 4.98 Å². The van der Waals surface area contributed by atoms with Crippen molar-refractivity contribution in [1.82, 2.24) is 9.88 Å². The first kappa shape index (κ1) is 18.3. The van der Waals surface area contributed by atoms with E-state index in [4.69, 9.17) is 4.42 Å². The molecule has 1 fully saturated rings. The van der Waals surface area contributed by atoms with Crippen LogP contribution in [-0.4, -0.2) is 48.5 Å². The summed E-state index contributed by atoms with van der Waals surface area (Å²) in [4.78, 5) is 23.8. The van der Waals surface area contributed by atoms with Crippen molar-refractivity contribution >= 4 is 17.4 Å². The van der Waals surface area contributed by atoms with Gasteiger partial charge in [-0.1, -0.05) is 24.3 Å².